The number of ether oxygens (including phenoxy) is 2. The molecule has 2 aromatic rings. The third-order valence-corrected chi connectivity index (χ3v) is 6.82. The number of amides is 1. The largest absolute Gasteiger partial charge is 0.507 e. The van der Waals surface area contributed by atoms with E-state index in [1.54, 1.807) is 26.0 Å². The lowest BCUT2D eigenvalue weighted by atomic mass is 9.94. The van der Waals surface area contributed by atoms with Crippen molar-refractivity contribution in [2.75, 3.05) is 39.9 Å². The van der Waals surface area contributed by atoms with Gasteiger partial charge in [-0.25, -0.2) is 4.79 Å². The molecule has 0 saturated carbocycles. The number of ketones is 1. The van der Waals surface area contributed by atoms with Crippen molar-refractivity contribution in [3.8, 4) is 5.75 Å². The van der Waals surface area contributed by atoms with Gasteiger partial charge in [-0.15, -0.1) is 0 Å². The molecular weight excluding hydrogens is 474 g/mol. The van der Waals surface area contributed by atoms with Gasteiger partial charge in [-0.3, -0.25) is 9.59 Å². The molecule has 1 aliphatic heterocycles. The predicted molar refractivity (Wildman–Crippen MR) is 141 cm³/mol. The van der Waals surface area contributed by atoms with E-state index < -0.39 is 23.7 Å². The van der Waals surface area contributed by atoms with Crippen LogP contribution in [0.1, 0.15) is 66.1 Å². The zero-order valence-electron chi connectivity index (χ0n) is 22.5. The highest BCUT2D eigenvalue weighted by Gasteiger charge is 2.46. The number of aromatic amines is 1. The summed E-state index contributed by atoms with van der Waals surface area (Å²) in [5.74, 6) is -1.64. The number of likely N-dealkylation sites (tertiary alicyclic amines) is 1. The first-order valence-electron chi connectivity index (χ1n) is 12.7. The van der Waals surface area contributed by atoms with Crippen molar-refractivity contribution < 1.29 is 29.0 Å². The predicted octanol–water partition coefficient (Wildman–Crippen LogP) is 3.97. The standard InChI is InChI=1S/C28H37N3O6/c1-7-16-37-20-12-10-19(11-13-20)24-22(26(33)27(34)31(24)15-14-30(8-2)9-3)25(32)21-17(4)23(28(35)36-6)29-18(21)5/h10-13,24,29,32H,7-9,14-16H2,1-6H3. The fourth-order valence-corrected chi connectivity index (χ4v) is 4.76. The second-order valence-electron chi connectivity index (χ2n) is 9.05. The average molecular weight is 512 g/mol. The second-order valence-corrected chi connectivity index (χ2v) is 9.05. The zero-order valence-corrected chi connectivity index (χ0v) is 22.5. The molecule has 2 heterocycles. The molecule has 1 unspecified atom stereocenters. The van der Waals surface area contributed by atoms with Crippen LogP contribution in [0.25, 0.3) is 5.76 Å². The Morgan fingerprint density at radius 2 is 1.76 bits per heavy atom. The molecule has 2 N–H and O–H groups in total. The van der Waals surface area contributed by atoms with E-state index in [2.05, 4.69) is 9.88 Å². The minimum absolute atomic E-state index is 0.00612. The van der Waals surface area contributed by atoms with Crippen molar-refractivity contribution in [1.82, 2.24) is 14.8 Å². The molecule has 9 heteroatoms. The summed E-state index contributed by atoms with van der Waals surface area (Å²) in [5, 5.41) is 11.5. The Hall–Kier alpha value is -3.59. The Kier molecular flexibility index (Phi) is 9.15. The number of rotatable bonds is 11. The molecule has 200 valence electrons. The molecule has 37 heavy (non-hydrogen) atoms. The number of hydrogen-bond acceptors (Lipinski definition) is 7. The monoisotopic (exact) mass is 511 g/mol. The molecule has 1 amide bonds. The number of Topliss-reactive ketones (excluding diaryl/α,β-unsaturated/α-hetero) is 1. The Balaban J connectivity index is 2.14. The fourth-order valence-electron chi connectivity index (χ4n) is 4.76. The topological polar surface area (TPSA) is 112 Å². The summed E-state index contributed by atoms with van der Waals surface area (Å²) >= 11 is 0. The number of aryl methyl sites for hydroxylation is 1. The number of aliphatic hydroxyl groups is 1. The average Bonchev–Trinajstić information content (AvgIpc) is 3.34. The van der Waals surface area contributed by atoms with Gasteiger partial charge < -0.3 is 29.4 Å². The van der Waals surface area contributed by atoms with Crippen LogP contribution in [0.3, 0.4) is 0 Å². The zero-order chi connectivity index (χ0) is 27.3. The molecule has 1 aliphatic rings. The maximum absolute atomic E-state index is 13.4. The van der Waals surface area contributed by atoms with Crippen molar-refractivity contribution in [2.45, 2.75) is 47.1 Å². The van der Waals surface area contributed by atoms with Crippen molar-refractivity contribution in [2.24, 2.45) is 0 Å². The summed E-state index contributed by atoms with van der Waals surface area (Å²) < 4.78 is 10.5. The number of aromatic nitrogens is 1. The molecule has 1 aromatic carbocycles. The van der Waals surface area contributed by atoms with Crippen LogP contribution in [-0.2, 0) is 14.3 Å². The number of benzene rings is 1. The van der Waals surface area contributed by atoms with Crippen molar-refractivity contribution in [1.29, 1.82) is 0 Å². The maximum Gasteiger partial charge on any atom is 0.354 e. The van der Waals surface area contributed by atoms with E-state index in [1.165, 1.54) is 12.0 Å². The lowest BCUT2D eigenvalue weighted by Crippen LogP contribution is -2.38. The minimum atomic E-state index is -0.786. The van der Waals surface area contributed by atoms with Crippen LogP contribution in [0.4, 0.5) is 0 Å². The second kappa shape index (κ2) is 12.1. The highest BCUT2D eigenvalue weighted by Crippen LogP contribution is 2.41. The number of H-pyrrole nitrogens is 1. The molecule has 0 radical (unpaired) electrons. The van der Waals surface area contributed by atoms with Gasteiger partial charge in [0.05, 0.1) is 25.3 Å². The van der Waals surface area contributed by atoms with Gasteiger partial charge in [-0.2, -0.15) is 0 Å². The molecule has 0 spiro atoms. The van der Waals surface area contributed by atoms with E-state index in [1.807, 2.05) is 32.9 Å². The van der Waals surface area contributed by atoms with Gasteiger partial charge in [-0.1, -0.05) is 32.9 Å². The molecule has 1 aromatic heterocycles. The first-order valence-corrected chi connectivity index (χ1v) is 12.7. The van der Waals surface area contributed by atoms with E-state index in [0.29, 0.717) is 47.8 Å². The van der Waals surface area contributed by atoms with Crippen LogP contribution in [0.5, 0.6) is 5.75 Å². The van der Waals surface area contributed by atoms with Crippen LogP contribution in [0.15, 0.2) is 29.8 Å². The fraction of sp³-hybridized carbons (Fsp3) is 0.464. The first kappa shape index (κ1) is 28.0. The van der Waals surface area contributed by atoms with Gasteiger partial charge >= 0.3 is 5.97 Å². The first-order chi connectivity index (χ1) is 17.7. The van der Waals surface area contributed by atoms with Gasteiger partial charge in [0.2, 0.25) is 0 Å². The summed E-state index contributed by atoms with van der Waals surface area (Å²) in [6.07, 6.45) is 0.871. The summed E-state index contributed by atoms with van der Waals surface area (Å²) in [6, 6.07) is 6.45. The molecule has 9 nitrogen and oxygen atoms in total. The minimum Gasteiger partial charge on any atom is -0.507 e. The van der Waals surface area contributed by atoms with Crippen LogP contribution in [0, 0.1) is 13.8 Å². The Bertz CT molecular complexity index is 1180. The van der Waals surface area contributed by atoms with E-state index in [9.17, 15) is 19.5 Å². The lowest BCUT2D eigenvalue weighted by molar-refractivity contribution is -0.140. The normalized spacial score (nSPS) is 17.1. The molecule has 0 bridgehead atoms. The number of carbonyl (C=O) groups excluding carboxylic acids is 3. The summed E-state index contributed by atoms with van der Waals surface area (Å²) in [5.41, 5.74) is 2.11. The van der Waals surface area contributed by atoms with E-state index in [-0.39, 0.29) is 17.0 Å². The number of nitrogens with one attached hydrogen (secondary N) is 1. The van der Waals surface area contributed by atoms with E-state index >= 15 is 0 Å². The van der Waals surface area contributed by atoms with Gasteiger partial charge in [-0.05, 0) is 56.6 Å². The highest BCUT2D eigenvalue weighted by molar-refractivity contribution is 6.46. The van der Waals surface area contributed by atoms with Crippen molar-refractivity contribution >= 4 is 23.4 Å². The van der Waals surface area contributed by atoms with Crippen molar-refractivity contribution in [3.63, 3.8) is 0 Å². The molecule has 1 fully saturated rings. The summed E-state index contributed by atoms with van der Waals surface area (Å²) in [6.45, 7) is 12.6. The number of likely N-dealkylation sites (N-methyl/N-ethyl adjacent to an activating group) is 1. The number of aliphatic hydroxyl groups excluding tert-OH is 1. The molecule has 1 saturated heterocycles. The summed E-state index contributed by atoms with van der Waals surface area (Å²) in [7, 11) is 1.27. The van der Waals surface area contributed by atoms with Crippen LogP contribution < -0.4 is 4.74 Å². The molecule has 0 aliphatic carbocycles. The molecule has 1 atom stereocenters. The third-order valence-electron chi connectivity index (χ3n) is 6.82. The number of carbonyl (C=O) groups is 3. The van der Waals surface area contributed by atoms with E-state index in [4.69, 9.17) is 9.47 Å². The van der Waals surface area contributed by atoms with Crippen LogP contribution in [0.2, 0.25) is 0 Å². The van der Waals surface area contributed by atoms with Gasteiger partial charge in [0, 0.05) is 24.3 Å². The van der Waals surface area contributed by atoms with Gasteiger partial charge in [0.25, 0.3) is 11.7 Å². The quantitative estimate of drug-likeness (QED) is 0.203. The number of esters is 1. The molecule has 3 rings (SSSR count). The highest BCUT2D eigenvalue weighted by atomic mass is 16.5. The van der Waals surface area contributed by atoms with Gasteiger partial charge in [0.15, 0.2) is 0 Å². The van der Waals surface area contributed by atoms with Crippen molar-refractivity contribution in [3.05, 3.63) is 57.9 Å². The molecular formula is C28H37N3O6. The van der Waals surface area contributed by atoms with Crippen LogP contribution >= 0.6 is 0 Å². The Morgan fingerprint density at radius 3 is 2.32 bits per heavy atom. The lowest BCUT2D eigenvalue weighted by Gasteiger charge is -2.28. The van der Waals surface area contributed by atoms with Crippen LogP contribution in [-0.4, -0.2) is 77.4 Å². The summed E-state index contributed by atoms with van der Waals surface area (Å²) in [4.78, 5) is 45.5. The van der Waals surface area contributed by atoms with E-state index in [0.717, 1.165) is 19.5 Å². The maximum atomic E-state index is 13.4. The van der Waals surface area contributed by atoms with Gasteiger partial charge in [0.1, 0.15) is 17.2 Å². The number of methoxy groups -OCH3 is 1. The smallest absolute Gasteiger partial charge is 0.354 e. The third kappa shape index (κ3) is 5.56. The SMILES string of the molecule is CCCOc1ccc(C2C(=C(O)c3c(C)[nH]c(C(=O)OC)c3C)C(=O)C(=O)N2CCN(CC)CC)cc1. The number of nitrogens with zero attached hydrogens (tertiary/aromatic N) is 2. The number of hydrogen-bond donors (Lipinski definition) is 2. The Morgan fingerprint density at radius 1 is 1.11 bits per heavy atom. The Labute approximate surface area is 218 Å².